The highest BCUT2D eigenvalue weighted by molar-refractivity contribution is 9.10. The second-order valence-corrected chi connectivity index (χ2v) is 4.89. The first-order valence-corrected chi connectivity index (χ1v) is 5.95. The number of hydrogen-bond donors (Lipinski definition) is 0. The molecule has 14 heavy (non-hydrogen) atoms. The normalized spacial score (nSPS) is 12.1. The number of carbonyl (C=O) groups is 1. The number of rotatable bonds is 3. The van der Waals surface area contributed by atoms with Crippen molar-refractivity contribution in [2.75, 3.05) is 12.9 Å². The number of ether oxygens (including phenoxy) is 1. The van der Waals surface area contributed by atoms with Gasteiger partial charge in [-0.05, 0) is 24.3 Å². The maximum Gasteiger partial charge on any atom is 0.318 e. The molecule has 0 spiro atoms. The molecule has 3 nitrogen and oxygen atoms in total. The van der Waals surface area contributed by atoms with E-state index in [4.69, 9.17) is 0 Å². The molecule has 1 atom stereocenters. The van der Waals surface area contributed by atoms with Crippen molar-refractivity contribution in [3.05, 3.63) is 28.7 Å². The number of hydrogen-bond acceptors (Lipinski definition) is 3. The second kappa shape index (κ2) is 5.26. The third-order valence-corrected chi connectivity index (χ3v) is 3.38. The van der Waals surface area contributed by atoms with Gasteiger partial charge in [0.1, 0.15) is 5.75 Å². The van der Waals surface area contributed by atoms with Crippen molar-refractivity contribution in [2.24, 2.45) is 0 Å². The van der Waals surface area contributed by atoms with Crippen LogP contribution in [0.2, 0.25) is 0 Å². The largest absolute Gasteiger partial charge is 0.468 e. The molecule has 0 bridgehead atoms. The highest BCUT2D eigenvalue weighted by atomic mass is 79.9. The molecule has 0 N–H and O–H groups in total. The lowest BCUT2D eigenvalue weighted by molar-refractivity contribution is -0.137. The van der Waals surface area contributed by atoms with Gasteiger partial charge in [0, 0.05) is 9.37 Å². The van der Waals surface area contributed by atoms with E-state index in [9.17, 15) is 9.00 Å². The lowest BCUT2D eigenvalue weighted by Crippen LogP contribution is -2.11. The Kier molecular flexibility index (Phi) is 4.28. The Bertz CT molecular complexity index is 348. The molecule has 0 saturated heterocycles. The average molecular weight is 277 g/mol. The van der Waals surface area contributed by atoms with Crippen molar-refractivity contribution in [1.82, 2.24) is 0 Å². The molecule has 1 unspecified atom stereocenters. The van der Waals surface area contributed by atoms with Gasteiger partial charge in [-0.15, -0.1) is 0 Å². The van der Waals surface area contributed by atoms with Crippen molar-refractivity contribution in [3.63, 3.8) is 0 Å². The molecular weight excluding hydrogens is 268 g/mol. The third kappa shape index (κ3) is 3.23. The standard InChI is InChI=1S/C9H9BrO3S/c1-13-9(11)6-14(12)8-4-2-7(10)3-5-8/h2-5H,6H2,1H3. The highest BCUT2D eigenvalue weighted by Gasteiger charge is 2.09. The van der Waals surface area contributed by atoms with Gasteiger partial charge in [-0.25, -0.2) is 0 Å². The van der Waals surface area contributed by atoms with Crippen LogP contribution in [0.15, 0.2) is 33.6 Å². The summed E-state index contributed by atoms with van der Waals surface area (Å²) in [6, 6.07) is 6.99. The van der Waals surface area contributed by atoms with Crippen LogP contribution in [0.5, 0.6) is 0 Å². The smallest absolute Gasteiger partial charge is 0.318 e. The van der Waals surface area contributed by atoms with E-state index in [-0.39, 0.29) is 5.75 Å². The molecule has 1 aromatic rings. The Labute approximate surface area is 93.0 Å². The Morgan fingerprint density at radius 1 is 1.43 bits per heavy atom. The van der Waals surface area contributed by atoms with Crippen molar-refractivity contribution in [3.8, 4) is 0 Å². The first-order chi connectivity index (χ1) is 6.63. The molecule has 0 saturated carbocycles. The third-order valence-electron chi connectivity index (χ3n) is 1.55. The fourth-order valence-corrected chi connectivity index (χ4v) is 2.04. The SMILES string of the molecule is COC(=O)CS(=O)c1ccc(Br)cc1. The molecule has 1 aromatic carbocycles. The summed E-state index contributed by atoms with van der Waals surface area (Å²) in [6.07, 6.45) is 0. The van der Waals surface area contributed by atoms with E-state index in [2.05, 4.69) is 20.7 Å². The van der Waals surface area contributed by atoms with Crippen LogP contribution in [0.4, 0.5) is 0 Å². The summed E-state index contributed by atoms with van der Waals surface area (Å²) in [7, 11) is -0.0381. The van der Waals surface area contributed by atoms with Crippen molar-refractivity contribution >= 4 is 32.7 Å². The fourth-order valence-electron chi connectivity index (χ4n) is 0.836. The number of benzene rings is 1. The Morgan fingerprint density at radius 2 is 2.00 bits per heavy atom. The predicted octanol–water partition coefficient (Wildman–Crippen LogP) is 1.73. The first kappa shape index (κ1) is 11.4. The zero-order chi connectivity index (χ0) is 10.6. The van der Waals surface area contributed by atoms with Crippen LogP contribution in [0.3, 0.4) is 0 Å². The molecule has 0 aliphatic rings. The van der Waals surface area contributed by atoms with Gasteiger partial charge < -0.3 is 4.74 Å². The van der Waals surface area contributed by atoms with E-state index in [1.54, 1.807) is 24.3 Å². The van der Waals surface area contributed by atoms with Gasteiger partial charge in [-0.3, -0.25) is 9.00 Å². The van der Waals surface area contributed by atoms with E-state index < -0.39 is 16.8 Å². The van der Waals surface area contributed by atoms with Gasteiger partial charge in [-0.2, -0.15) is 0 Å². The molecule has 1 rings (SSSR count). The average Bonchev–Trinajstić information content (AvgIpc) is 2.18. The minimum Gasteiger partial charge on any atom is -0.468 e. The molecule has 0 aliphatic heterocycles. The van der Waals surface area contributed by atoms with Gasteiger partial charge in [0.15, 0.2) is 0 Å². The van der Waals surface area contributed by atoms with Crippen LogP contribution in [0.1, 0.15) is 0 Å². The van der Waals surface area contributed by atoms with Crippen molar-refractivity contribution in [1.29, 1.82) is 0 Å². The van der Waals surface area contributed by atoms with Gasteiger partial charge >= 0.3 is 5.97 Å². The van der Waals surface area contributed by atoms with Gasteiger partial charge in [0.05, 0.1) is 17.9 Å². The zero-order valence-electron chi connectivity index (χ0n) is 7.53. The summed E-state index contributed by atoms with van der Waals surface area (Å²) in [4.78, 5) is 11.5. The number of esters is 1. The summed E-state index contributed by atoms with van der Waals surface area (Å²) >= 11 is 3.27. The first-order valence-electron chi connectivity index (χ1n) is 3.84. The molecule has 0 radical (unpaired) electrons. The molecule has 0 heterocycles. The van der Waals surface area contributed by atoms with Gasteiger partial charge in [0.2, 0.25) is 0 Å². The van der Waals surface area contributed by atoms with Crippen LogP contribution in [0, 0.1) is 0 Å². The van der Waals surface area contributed by atoms with E-state index in [0.717, 1.165) is 4.47 Å². The monoisotopic (exact) mass is 276 g/mol. The quantitative estimate of drug-likeness (QED) is 0.790. The van der Waals surface area contributed by atoms with E-state index in [0.29, 0.717) is 4.90 Å². The van der Waals surface area contributed by atoms with Crippen LogP contribution >= 0.6 is 15.9 Å². The van der Waals surface area contributed by atoms with Gasteiger partial charge in [0.25, 0.3) is 0 Å². The molecule has 0 aliphatic carbocycles. The molecule has 0 amide bonds. The number of carbonyl (C=O) groups excluding carboxylic acids is 1. The lowest BCUT2D eigenvalue weighted by atomic mass is 10.4. The Balaban J connectivity index is 2.70. The Hall–Kier alpha value is -0.680. The minimum absolute atomic E-state index is 0.0991. The molecule has 0 fully saturated rings. The minimum atomic E-state index is -1.32. The summed E-state index contributed by atoms with van der Waals surface area (Å²) in [5.41, 5.74) is 0. The van der Waals surface area contributed by atoms with Crippen LogP contribution in [-0.4, -0.2) is 23.0 Å². The maximum atomic E-state index is 11.5. The van der Waals surface area contributed by atoms with Crippen molar-refractivity contribution in [2.45, 2.75) is 4.90 Å². The molecule has 5 heteroatoms. The summed E-state index contributed by atoms with van der Waals surface area (Å²) < 4.78 is 16.9. The predicted molar refractivity (Wildman–Crippen MR) is 57.4 cm³/mol. The molecule has 0 aromatic heterocycles. The topological polar surface area (TPSA) is 43.4 Å². The van der Waals surface area contributed by atoms with Crippen LogP contribution < -0.4 is 0 Å². The lowest BCUT2D eigenvalue weighted by Gasteiger charge is -2.00. The molecule has 76 valence electrons. The second-order valence-electron chi connectivity index (χ2n) is 2.52. The fraction of sp³-hybridized carbons (Fsp3) is 0.222. The number of methoxy groups -OCH3 is 1. The summed E-state index contributed by atoms with van der Waals surface area (Å²) in [6.45, 7) is 0. The van der Waals surface area contributed by atoms with Crippen molar-refractivity contribution < 1.29 is 13.7 Å². The van der Waals surface area contributed by atoms with E-state index >= 15 is 0 Å². The Morgan fingerprint density at radius 3 is 2.50 bits per heavy atom. The summed E-state index contributed by atoms with van der Waals surface area (Å²) in [5.74, 6) is -0.566. The molecular formula is C9H9BrO3S. The van der Waals surface area contributed by atoms with Gasteiger partial charge in [-0.1, -0.05) is 15.9 Å². The zero-order valence-corrected chi connectivity index (χ0v) is 9.93. The van der Waals surface area contributed by atoms with Crippen LogP contribution in [-0.2, 0) is 20.3 Å². The van der Waals surface area contributed by atoms with Crippen LogP contribution in [0.25, 0.3) is 0 Å². The maximum absolute atomic E-state index is 11.5. The van der Waals surface area contributed by atoms with E-state index in [1.165, 1.54) is 7.11 Å². The highest BCUT2D eigenvalue weighted by Crippen LogP contribution is 2.13. The number of halogens is 1. The van der Waals surface area contributed by atoms with E-state index in [1.807, 2.05) is 0 Å². The summed E-state index contributed by atoms with van der Waals surface area (Å²) in [5, 5.41) is 0.